The summed E-state index contributed by atoms with van der Waals surface area (Å²) in [5.41, 5.74) is 0. The largest absolute Gasteiger partial charge is 0.396 e. The third kappa shape index (κ3) is 6.31. The van der Waals surface area contributed by atoms with Gasteiger partial charge < -0.3 is 14.9 Å². The quantitative estimate of drug-likeness (QED) is 0.451. The number of aliphatic hydroxyl groups is 1. The molecule has 0 aromatic heterocycles. The third-order valence-electron chi connectivity index (χ3n) is 0.516. The van der Waals surface area contributed by atoms with Crippen molar-refractivity contribution in [3.05, 3.63) is 0 Å². The maximum Gasteiger partial charge on any atom is 0.165 e. The van der Waals surface area contributed by atoms with Crippen molar-refractivity contribution in [2.75, 3.05) is 12.8 Å². The molecule has 0 heterocycles. The van der Waals surface area contributed by atoms with E-state index in [1.165, 1.54) is 0 Å². The minimum atomic E-state index is -1.77. The molecule has 0 bridgehead atoms. The number of aliphatic hydroxyl groups excluding tert-OH is 1. The predicted octanol–water partition coefficient (Wildman–Crippen LogP) is -0.335. The molecule has 0 aliphatic heterocycles. The first kappa shape index (κ1) is 7.31. The fourth-order valence-corrected chi connectivity index (χ4v) is 0.636. The number of rotatable bonds is 3. The number of hydrogen-bond donors (Lipinski definition) is 3. The fraction of sp³-hybridized carbons (Fsp3) is 1.00. The van der Waals surface area contributed by atoms with Gasteiger partial charge in [-0.3, -0.25) is 0 Å². The highest BCUT2D eigenvalue weighted by atomic mass is 31.2. The summed E-state index contributed by atoms with van der Waals surface area (Å²) in [5, 5.41) is 8.10. The summed E-state index contributed by atoms with van der Waals surface area (Å²) in [7, 11) is -1.77. The Morgan fingerprint density at radius 3 is 2.00 bits per heavy atom. The van der Waals surface area contributed by atoms with Gasteiger partial charge in [0.1, 0.15) is 0 Å². The van der Waals surface area contributed by atoms with Gasteiger partial charge in [0.15, 0.2) is 8.38 Å². The van der Waals surface area contributed by atoms with Gasteiger partial charge in [0.05, 0.1) is 0 Å². The Hall–Kier alpha value is 0.310. The van der Waals surface area contributed by atoms with E-state index < -0.39 is 8.38 Å². The smallest absolute Gasteiger partial charge is 0.165 e. The molecule has 0 aliphatic carbocycles. The lowest BCUT2D eigenvalue weighted by Gasteiger charge is -1.96. The minimum Gasteiger partial charge on any atom is -0.396 e. The Balaban J connectivity index is 2.68. The van der Waals surface area contributed by atoms with E-state index in [4.69, 9.17) is 14.9 Å². The van der Waals surface area contributed by atoms with Gasteiger partial charge in [0.2, 0.25) is 0 Å². The van der Waals surface area contributed by atoms with Gasteiger partial charge in [-0.15, -0.1) is 0 Å². The molecule has 0 amide bonds. The molecule has 0 aromatic rings. The minimum absolute atomic E-state index is 0.0416. The monoisotopic (exact) mass is 124 g/mol. The highest BCUT2D eigenvalue weighted by molar-refractivity contribution is 7.45. The van der Waals surface area contributed by atoms with Crippen LogP contribution in [0.4, 0.5) is 0 Å². The molecule has 44 valence electrons. The zero-order valence-electron chi connectivity index (χ0n) is 3.91. The van der Waals surface area contributed by atoms with E-state index in [9.17, 15) is 0 Å². The van der Waals surface area contributed by atoms with E-state index in [1.54, 1.807) is 0 Å². The van der Waals surface area contributed by atoms with Crippen molar-refractivity contribution in [3.63, 3.8) is 0 Å². The van der Waals surface area contributed by atoms with Crippen LogP contribution in [0.2, 0.25) is 0 Å². The van der Waals surface area contributed by atoms with Crippen LogP contribution in [-0.4, -0.2) is 27.7 Å². The summed E-state index contributed by atoms with van der Waals surface area (Å²) in [5.74, 6) is 0. The Morgan fingerprint density at radius 1 is 1.29 bits per heavy atom. The highest BCUT2D eigenvalue weighted by Gasteiger charge is 1.93. The summed E-state index contributed by atoms with van der Waals surface area (Å²) in [6.45, 7) is 0.0416. The van der Waals surface area contributed by atoms with E-state index in [0.717, 1.165) is 0 Å². The summed E-state index contributed by atoms with van der Waals surface area (Å²) in [6.07, 6.45) is 0.810. The second-order valence-corrected chi connectivity index (χ2v) is 2.36. The van der Waals surface area contributed by atoms with Gasteiger partial charge in [-0.2, -0.15) is 0 Å². The lowest BCUT2D eigenvalue weighted by atomic mass is 10.5. The molecular weight excluding hydrogens is 115 g/mol. The first-order valence-electron chi connectivity index (χ1n) is 2.03. The van der Waals surface area contributed by atoms with Gasteiger partial charge in [-0.25, -0.2) is 0 Å². The maximum atomic E-state index is 8.19. The van der Waals surface area contributed by atoms with Gasteiger partial charge in [-0.1, -0.05) is 0 Å². The van der Waals surface area contributed by atoms with Crippen LogP contribution in [0.3, 0.4) is 0 Å². The first-order chi connectivity index (χ1) is 3.27. The summed E-state index contributed by atoms with van der Waals surface area (Å²) >= 11 is 0. The maximum absolute atomic E-state index is 8.19. The van der Waals surface area contributed by atoms with Crippen LogP contribution in [0.5, 0.6) is 0 Å². The van der Waals surface area contributed by atoms with E-state index >= 15 is 0 Å². The molecule has 0 aliphatic rings. The van der Waals surface area contributed by atoms with Crippen LogP contribution in [-0.2, 0) is 0 Å². The molecule has 0 saturated carbocycles. The molecule has 0 unspecified atom stereocenters. The van der Waals surface area contributed by atoms with Gasteiger partial charge >= 0.3 is 0 Å². The average molecular weight is 124 g/mol. The topological polar surface area (TPSA) is 60.7 Å². The molecule has 0 rings (SSSR count). The second-order valence-electron chi connectivity index (χ2n) is 1.17. The van der Waals surface area contributed by atoms with Crippen molar-refractivity contribution >= 4 is 8.38 Å². The Kier molecular flexibility index (Phi) is 4.67. The van der Waals surface area contributed by atoms with Crippen LogP contribution >= 0.6 is 8.38 Å². The second kappa shape index (κ2) is 4.47. The zero-order chi connectivity index (χ0) is 5.70. The molecule has 0 fully saturated rings. The van der Waals surface area contributed by atoms with Crippen LogP contribution in [0.1, 0.15) is 6.42 Å². The zero-order valence-corrected chi connectivity index (χ0v) is 4.80. The summed E-state index contributed by atoms with van der Waals surface area (Å²) in [4.78, 5) is 16.4. The molecule has 7 heavy (non-hydrogen) atoms. The molecule has 0 atom stereocenters. The van der Waals surface area contributed by atoms with Crippen LogP contribution in [0.15, 0.2) is 0 Å². The summed E-state index contributed by atoms with van der Waals surface area (Å²) < 4.78 is 0. The molecule has 4 heteroatoms. The lowest BCUT2D eigenvalue weighted by Crippen LogP contribution is -1.86. The normalized spacial score (nSPS) is 10.3. The van der Waals surface area contributed by atoms with Crippen molar-refractivity contribution < 1.29 is 14.9 Å². The lowest BCUT2D eigenvalue weighted by molar-refractivity contribution is 0.293. The van der Waals surface area contributed by atoms with Crippen LogP contribution < -0.4 is 0 Å². The van der Waals surface area contributed by atoms with Crippen LogP contribution in [0, 0.1) is 0 Å². The molecule has 0 aromatic carbocycles. The van der Waals surface area contributed by atoms with Crippen molar-refractivity contribution in [3.8, 4) is 0 Å². The van der Waals surface area contributed by atoms with Crippen molar-refractivity contribution in [1.82, 2.24) is 0 Å². The molecule has 3 nitrogen and oxygen atoms in total. The molecular formula is C3H9O3P. The highest BCUT2D eigenvalue weighted by Crippen LogP contribution is 2.22. The van der Waals surface area contributed by atoms with Crippen LogP contribution in [0.25, 0.3) is 0 Å². The Labute approximate surface area is 43.5 Å². The predicted molar refractivity (Wildman–Crippen MR) is 27.9 cm³/mol. The Morgan fingerprint density at radius 2 is 1.86 bits per heavy atom. The van der Waals surface area contributed by atoms with Gasteiger partial charge in [0.25, 0.3) is 0 Å². The van der Waals surface area contributed by atoms with Crippen molar-refractivity contribution in [2.24, 2.45) is 0 Å². The van der Waals surface area contributed by atoms with E-state index in [1.807, 2.05) is 0 Å². The molecule has 3 N–H and O–H groups in total. The van der Waals surface area contributed by atoms with E-state index in [2.05, 4.69) is 0 Å². The van der Waals surface area contributed by atoms with E-state index in [-0.39, 0.29) is 6.61 Å². The van der Waals surface area contributed by atoms with Gasteiger partial charge in [0, 0.05) is 12.8 Å². The molecule has 0 saturated heterocycles. The standard InChI is InChI=1S/C3H9O3P/c4-2-1-3-7(5)6/h4-6H,1-3H2. The summed E-state index contributed by atoms with van der Waals surface area (Å²) in [6, 6.07) is 0. The Bertz CT molecular complexity index is 39.2. The third-order valence-corrected chi connectivity index (χ3v) is 1.23. The van der Waals surface area contributed by atoms with E-state index in [0.29, 0.717) is 12.6 Å². The molecule has 0 radical (unpaired) electrons. The fourth-order valence-electron chi connectivity index (χ4n) is 0.212. The first-order valence-corrected chi connectivity index (χ1v) is 3.46. The SMILES string of the molecule is OCCCP(O)O. The van der Waals surface area contributed by atoms with Crippen molar-refractivity contribution in [2.45, 2.75) is 6.42 Å². The van der Waals surface area contributed by atoms with Gasteiger partial charge in [-0.05, 0) is 6.42 Å². The average Bonchev–Trinajstić information content (AvgIpc) is 1.61. The van der Waals surface area contributed by atoms with Crippen molar-refractivity contribution in [1.29, 1.82) is 0 Å². The molecule has 0 spiro atoms. The number of hydrogen-bond acceptors (Lipinski definition) is 3.